The van der Waals surface area contributed by atoms with Gasteiger partial charge in [-0.15, -0.1) is 11.8 Å². The summed E-state index contributed by atoms with van der Waals surface area (Å²) in [5, 5.41) is 13.7. The number of benzene rings is 2. The highest BCUT2D eigenvalue weighted by molar-refractivity contribution is 7.99. The van der Waals surface area contributed by atoms with Crippen molar-refractivity contribution >= 4 is 35.2 Å². The van der Waals surface area contributed by atoms with E-state index in [0.29, 0.717) is 18.0 Å². The van der Waals surface area contributed by atoms with E-state index in [0.717, 1.165) is 4.90 Å². The molecule has 0 aliphatic heterocycles. The molecular weight excluding hydrogens is 378 g/mol. The van der Waals surface area contributed by atoms with Crippen molar-refractivity contribution in [2.24, 2.45) is 0 Å². The Hall–Kier alpha value is -3.31. The Bertz CT molecular complexity index is 848. The number of carbonyl (C=O) groups is 3. The number of carbonyl (C=O) groups excluding carboxylic acids is 3. The summed E-state index contributed by atoms with van der Waals surface area (Å²) in [6.07, 6.45) is -0.247. The molecule has 0 fully saturated rings. The highest BCUT2D eigenvalue weighted by atomic mass is 32.2. The second-order valence-corrected chi connectivity index (χ2v) is 6.72. The number of nitrogens with zero attached hydrogens (tertiary/aromatic N) is 1. The molecule has 144 valence electrons. The Labute approximate surface area is 167 Å². The standard InChI is InChI=1S/C20H19N3O4S/c21-11-10-18(24)23-16-8-6-15(7-9-16)20(26)27-14-19(25)22-12-13-28-17-4-2-1-3-5-17/h1-9H,10,12-14H2,(H,22,25)(H,23,24). The molecule has 0 aromatic heterocycles. The molecule has 0 radical (unpaired) electrons. The predicted molar refractivity (Wildman–Crippen MR) is 106 cm³/mol. The molecule has 0 unspecified atom stereocenters. The SMILES string of the molecule is N#CCC(=O)Nc1ccc(C(=O)OCC(=O)NCCSc2ccccc2)cc1. The first-order chi connectivity index (χ1) is 13.6. The smallest absolute Gasteiger partial charge is 0.338 e. The Morgan fingerprint density at radius 1 is 1.00 bits per heavy atom. The monoisotopic (exact) mass is 397 g/mol. The lowest BCUT2D eigenvalue weighted by atomic mass is 10.2. The number of thioether (sulfide) groups is 1. The molecule has 2 rings (SSSR count). The molecule has 0 heterocycles. The maximum Gasteiger partial charge on any atom is 0.338 e. The van der Waals surface area contributed by atoms with Gasteiger partial charge in [0.2, 0.25) is 5.91 Å². The molecule has 28 heavy (non-hydrogen) atoms. The molecule has 7 nitrogen and oxygen atoms in total. The van der Waals surface area contributed by atoms with Crippen LogP contribution in [0.4, 0.5) is 5.69 Å². The third kappa shape index (κ3) is 7.51. The fraction of sp³-hybridized carbons (Fsp3) is 0.200. The highest BCUT2D eigenvalue weighted by Crippen LogP contribution is 2.15. The van der Waals surface area contributed by atoms with Gasteiger partial charge in [0.1, 0.15) is 6.42 Å². The van der Waals surface area contributed by atoms with Crippen LogP contribution < -0.4 is 10.6 Å². The van der Waals surface area contributed by atoms with Gasteiger partial charge in [-0.2, -0.15) is 5.26 Å². The van der Waals surface area contributed by atoms with Crippen molar-refractivity contribution in [2.75, 3.05) is 24.2 Å². The molecule has 0 atom stereocenters. The fourth-order valence-corrected chi connectivity index (χ4v) is 2.90. The van der Waals surface area contributed by atoms with Crippen LogP contribution in [-0.4, -0.2) is 36.7 Å². The molecule has 8 heteroatoms. The quantitative estimate of drug-likeness (QED) is 0.382. The normalized spacial score (nSPS) is 9.82. The van der Waals surface area contributed by atoms with E-state index in [1.165, 1.54) is 24.3 Å². The Morgan fingerprint density at radius 3 is 2.39 bits per heavy atom. The lowest BCUT2D eigenvalue weighted by Crippen LogP contribution is -2.30. The first kappa shape index (κ1) is 21.0. The minimum Gasteiger partial charge on any atom is -0.452 e. The van der Waals surface area contributed by atoms with Crippen LogP contribution in [0.5, 0.6) is 0 Å². The molecule has 0 bridgehead atoms. The van der Waals surface area contributed by atoms with Crippen LogP contribution in [-0.2, 0) is 14.3 Å². The molecule has 0 aliphatic rings. The highest BCUT2D eigenvalue weighted by Gasteiger charge is 2.10. The average Bonchev–Trinajstić information content (AvgIpc) is 2.71. The van der Waals surface area contributed by atoms with Gasteiger partial charge in [0.15, 0.2) is 6.61 Å². The summed E-state index contributed by atoms with van der Waals surface area (Å²) in [7, 11) is 0. The van der Waals surface area contributed by atoms with E-state index in [1.54, 1.807) is 17.8 Å². The summed E-state index contributed by atoms with van der Waals surface area (Å²) in [5.41, 5.74) is 0.719. The number of hydrogen-bond acceptors (Lipinski definition) is 6. The van der Waals surface area contributed by atoms with Crippen molar-refractivity contribution < 1.29 is 19.1 Å². The third-order valence-electron chi connectivity index (χ3n) is 3.41. The number of hydrogen-bond donors (Lipinski definition) is 2. The average molecular weight is 397 g/mol. The fourth-order valence-electron chi connectivity index (χ4n) is 2.11. The van der Waals surface area contributed by atoms with E-state index >= 15 is 0 Å². The predicted octanol–water partition coefficient (Wildman–Crippen LogP) is 2.60. The van der Waals surface area contributed by atoms with Crippen molar-refractivity contribution in [3.8, 4) is 6.07 Å². The lowest BCUT2D eigenvalue weighted by molar-refractivity contribution is -0.124. The van der Waals surface area contributed by atoms with E-state index in [4.69, 9.17) is 10.00 Å². The van der Waals surface area contributed by atoms with Gasteiger partial charge in [-0.25, -0.2) is 4.79 Å². The van der Waals surface area contributed by atoms with Crippen LogP contribution in [0, 0.1) is 11.3 Å². The lowest BCUT2D eigenvalue weighted by Gasteiger charge is -2.07. The molecule has 0 saturated carbocycles. The van der Waals surface area contributed by atoms with Crippen molar-refractivity contribution in [1.82, 2.24) is 5.32 Å². The number of anilines is 1. The number of ether oxygens (including phenoxy) is 1. The van der Waals surface area contributed by atoms with Gasteiger partial charge >= 0.3 is 5.97 Å². The van der Waals surface area contributed by atoms with Crippen molar-refractivity contribution in [1.29, 1.82) is 5.26 Å². The van der Waals surface area contributed by atoms with E-state index in [9.17, 15) is 14.4 Å². The van der Waals surface area contributed by atoms with E-state index in [2.05, 4.69) is 10.6 Å². The maximum absolute atomic E-state index is 12.0. The van der Waals surface area contributed by atoms with Gasteiger partial charge in [0, 0.05) is 22.9 Å². The van der Waals surface area contributed by atoms with E-state index in [1.807, 2.05) is 30.3 Å². The zero-order chi connectivity index (χ0) is 20.2. The largest absolute Gasteiger partial charge is 0.452 e. The molecule has 0 saturated heterocycles. The van der Waals surface area contributed by atoms with Crippen molar-refractivity contribution in [3.05, 3.63) is 60.2 Å². The summed E-state index contributed by atoms with van der Waals surface area (Å²) >= 11 is 1.62. The van der Waals surface area contributed by atoms with Crippen LogP contribution >= 0.6 is 11.8 Å². The topological polar surface area (TPSA) is 108 Å². The molecular formula is C20H19N3O4S. The minimum absolute atomic E-state index is 0.247. The van der Waals surface area contributed by atoms with Crippen LogP contribution in [0.15, 0.2) is 59.5 Å². The van der Waals surface area contributed by atoms with Crippen LogP contribution in [0.1, 0.15) is 16.8 Å². The summed E-state index contributed by atoms with van der Waals surface area (Å²) < 4.78 is 4.98. The second kappa shape index (κ2) is 11.4. The second-order valence-electron chi connectivity index (χ2n) is 5.55. The maximum atomic E-state index is 12.0. The summed E-state index contributed by atoms with van der Waals surface area (Å²) in [5.74, 6) is -0.728. The molecule has 2 N–H and O–H groups in total. The van der Waals surface area contributed by atoms with Gasteiger partial charge in [-0.05, 0) is 36.4 Å². The summed E-state index contributed by atoms with van der Waals surface area (Å²) in [6.45, 7) is 0.0997. The number of nitrogens with one attached hydrogen (secondary N) is 2. The molecule has 2 amide bonds. The zero-order valence-electron chi connectivity index (χ0n) is 15.0. The van der Waals surface area contributed by atoms with Crippen molar-refractivity contribution in [3.63, 3.8) is 0 Å². The minimum atomic E-state index is -0.635. The number of amides is 2. The van der Waals surface area contributed by atoms with Crippen LogP contribution in [0.2, 0.25) is 0 Å². The first-order valence-electron chi connectivity index (χ1n) is 8.47. The number of nitriles is 1. The Kier molecular flexibility index (Phi) is 8.56. The molecule has 2 aromatic rings. The van der Waals surface area contributed by atoms with Gasteiger partial charge < -0.3 is 15.4 Å². The molecule has 2 aromatic carbocycles. The van der Waals surface area contributed by atoms with Gasteiger partial charge in [0.25, 0.3) is 5.91 Å². The zero-order valence-corrected chi connectivity index (χ0v) is 15.8. The van der Waals surface area contributed by atoms with Gasteiger partial charge in [-0.1, -0.05) is 18.2 Å². The van der Waals surface area contributed by atoms with E-state index in [-0.39, 0.29) is 24.5 Å². The Balaban J connectivity index is 1.67. The van der Waals surface area contributed by atoms with Gasteiger partial charge in [0.05, 0.1) is 11.6 Å². The number of rotatable bonds is 9. The summed E-state index contributed by atoms with van der Waals surface area (Å²) in [6, 6.07) is 17.6. The number of esters is 1. The Morgan fingerprint density at radius 2 is 1.71 bits per heavy atom. The molecule has 0 aliphatic carbocycles. The van der Waals surface area contributed by atoms with E-state index < -0.39 is 11.9 Å². The van der Waals surface area contributed by atoms with Crippen LogP contribution in [0.3, 0.4) is 0 Å². The molecule has 0 spiro atoms. The van der Waals surface area contributed by atoms with Crippen LogP contribution in [0.25, 0.3) is 0 Å². The third-order valence-corrected chi connectivity index (χ3v) is 4.43. The summed E-state index contributed by atoms with van der Waals surface area (Å²) in [4.78, 5) is 36.2. The van der Waals surface area contributed by atoms with Crippen molar-refractivity contribution in [2.45, 2.75) is 11.3 Å². The first-order valence-corrected chi connectivity index (χ1v) is 9.45. The van der Waals surface area contributed by atoms with Gasteiger partial charge in [-0.3, -0.25) is 9.59 Å².